The lowest BCUT2D eigenvalue weighted by Crippen LogP contribution is -2.13. The third-order valence-electron chi connectivity index (χ3n) is 0.788. The molecule has 0 heterocycles. The minimum atomic E-state index is -4.58. The number of hydrogen-bond donors (Lipinski definition) is 1. The molecule has 6 heteroatoms. The fraction of sp³-hybridized carbons (Fsp3) is 0.600. The minimum absolute atomic E-state index is 0.681. The zero-order chi connectivity index (χ0) is 9.12. The summed E-state index contributed by atoms with van der Waals surface area (Å²) in [6.07, 6.45) is -5.10. The van der Waals surface area contributed by atoms with Crippen LogP contribution in [0.1, 0.15) is 6.92 Å². The highest BCUT2D eigenvalue weighted by molar-refractivity contribution is 7.61. The van der Waals surface area contributed by atoms with Crippen molar-refractivity contribution in [2.24, 2.45) is 0 Å². The first kappa shape index (κ1) is 10.7. The standard InChI is InChI=1S/C5H8F3O2P/c1-2-3-11(9,10)4-5(6,7)8/h2-3H,4H2,1H3,(H,9,10). The Morgan fingerprint density at radius 3 is 2.27 bits per heavy atom. The van der Waals surface area contributed by atoms with Crippen molar-refractivity contribution >= 4 is 7.37 Å². The van der Waals surface area contributed by atoms with Gasteiger partial charge in [0.05, 0.1) is 0 Å². The monoisotopic (exact) mass is 188 g/mol. The van der Waals surface area contributed by atoms with Crippen molar-refractivity contribution < 1.29 is 22.6 Å². The highest BCUT2D eigenvalue weighted by atomic mass is 31.2. The Morgan fingerprint density at radius 2 is 2.00 bits per heavy atom. The van der Waals surface area contributed by atoms with Gasteiger partial charge in [0.2, 0.25) is 7.37 Å². The van der Waals surface area contributed by atoms with Crippen LogP contribution in [0.4, 0.5) is 13.2 Å². The van der Waals surface area contributed by atoms with E-state index in [0.29, 0.717) is 5.82 Å². The Bertz CT molecular complexity index is 196. The van der Waals surface area contributed by atoms with Crippen molar-refractivity contribution in [3.63, 3.8) is 0 Å². The van der Waals surface area contributed by atoms with Gasteiger partial charge in [-0.3, -0.25) is 4.57 Å². The molecule has 0 saturated carbocycles. The predicted octanol–water partition coefficient (Wildman–Crippen LogP) is 2.35. The molecule has 66 valence electrons. The van der Waals surface area contributed by atoms with Gasteiger partial charge in [0.1, 0.15) is 6.16 Å². The SMILES string of the molecule is CC=CP(=O)(O)CC(F)(F)F. The highest BCUT2D eigenvalue weighted by Crippen LogP contribution is 2.46. The molecule has 0 aromatic rings. The Hall–Kier alpha value is -0.280. The van der Waals surface area contributed by atoms with Crippen LogP contribution in [-0.2, 0) is 4.57 Å². The molecule has 0 rings (SSSR count). The van der Waals surface area contributed by atoms with Crippen LogP contribution in [-0.4, -0.2) is 17.2 Å². The lowest BCUT2D eigenvalue weighted by molar-refractivity contribution is -0.107. The van der Waals surface area contributed by atoms with Gasteiger partial charge in [-0.25, -0.2) is 0 Å². The van der Waals surface area contributed by atoms with Gasteiger partial charge in [-0.15, -0.1) is 0 Å². The first-order valence-electron chi connectivity index (χ1n) is 2.79. The summed E-state index contributed by atoms with van der Waals surface area (Å²) in [7, 11) is -4.12. The molecule has 1 unspecified atom stereocenters. The van der Waals surface area contributed by atoms with Gasteiger partial charge >= 0.3 is 6.18 Å². The molecule has 0 aliphatic rings. The van der Waals surface area contributed by atoms with Gasteiger partial charge in [-0.1, -0.05) is 6.08 Å². The lowest BCUT2D eigenvalue weighted by atomic mass is 10.8. The fourth-order valence-corrected chi connectivity index (χ4v) is 1.63. The van der Waals surface area contributed by atoms with Crippen LogP contribution in [0.2, 0.25) is 0 Å². The van der Waals surface area contributed by atoms with Crippen LogP contribution in [0, 0.1) is 0 Å². The van der Waals surface area contributed by atoms with Gasteiger partial charge < -0.3 is 4.89 Å². The van der Waals surface area contributed by atoms with Gasteiger partial charge in [0.25, 0.3) is 0 Å². The second kappa shape index (κ2) is 3.41. The van der Waals surface area contributed by atoms with Crippen molar-refractivity contribution in [1.82, 2.24) is 0 Å². The fourth-order valence-electron chi connectivity index (χ4n) is 0.543. The van der Waals surface area contributed by atoms with E-state index in [0.717, 1.165) is 6.08 Å². The summed E-state index contributed by atoms with van der Waals surface area (Å²) in [6, 6.07) is 0. The zero-order valence-electron chi connectivity index (χ0n) is 5.80. The Morgan fingerprint density at radius 1 is 1.55 bits per heavy atom. The van der Waals surface area contributed by atoms with Gasteiger partial charge in [-0.2, -0.15) is 13.2 Å². The van der Waals surface area contributed by atoms with Gasteiger partial charge in [-0.05, 0) is 12.7 Å². The summed E-state index contributed by atoms with van der Waals surface area (Å²) in [5.41, 5.74) is 0. The van der Waals surface area contributed by atoms with E-state index in [4.69, 9.17) is 4.89 Å². The van der Waals surface area contributed by atoms with E-state index in [1.54, 1.807) is 0 Å². The number of allylic oxidation sites excluding steroid dienone is 1. The van der Waals surface area contributed by atoms with Crippen molar-refractivity contribution in [3.05, 3.63) is 11.9 Å². The van der Waals surface area contributed by atoms with E-state index in [2.05, 4.69) is 0 Å². The summed E-state index contributed by atoms with van der Waals surface area (Å²) in [5, 5.41) is 0. The first-order chi connectivity index (χ1) is 4.77. The summed E-state index contributed by atoms with van der Waals surface area (Å²) >= 11 is 0. The molecule has 0 aliphatic heterocycles. The highest BCUT2D eigenvalue weighted by Gasteiger charge is 2.36. The topological polar surface area (TPSA) is 37.3 Å². The van der Waals surface area contributed by atoms with Crippen LogP contribution in [0.25, 0.3) is 0 Å². The quantitative estimate of drug-likeness (QED) is 0.675. The summed E-state index contributed by atoms with van der Waals surface area (Å²) in [5.74, 6) is 0.681. The molecule has 0 fully saturated rings. The molecular formula is C5H8F3O2P. The summed E-state index contributed by atoms with van der Waals surface area (Å²) < 4.78 is 45.1. The number of halogens is 3. The van der Waals surface area contributed by atoms with Crippen LogP contribution in [0.3, 0.4) is 0 Å². The Balaban J connectivity index is 4.26. The number of alkyl halides is 3. The van der Waals surface area contributed by atoms with Gasteiger partial charge in [0.15, 0.2) is 0 Å². The van der Waals surface area contributed by atoms with Crippen LogP contribution in [0.15, 0.2) is 11.9 Å². The summed E-state index contributed by atoms with van der Waals surface area (Å²) in [4.78, 5) is 8.60. The second-order valence-corrected chi connectivity index (χ2v) is 4.14. The molecule has 1 N–H and O–H groups in total. The van der Waals surface area contributed by atoms with Crippen LogP contribution in [0.5, 0.6) is 0 Å². The van der Waals surface area contributed by atoms with Crippen molar-refractivity contribution in [1.29, 1.82) is 0 Å². The van der Waals surface area contributed by atoms with Crippen LogP contribution < -0.4 is 0 Å². The summed E-state index contributed by atoms with van der Waals surface area (Å²) in [6.45, 7) is 1.39. The molecule has 2 nitrogen and oxygen atoms in total. The molecule has 11 heavy (non-hydrogen) atoms. The molecule has 1 atom stereocenters. The molecule has 0 saturated heterocycles. The van der Waals surface area contributed by atoms with E-state index < -0.39 is 19.7 Å². The lowest BCUT2D eigenvalue weighted by Gasteiger charge is -2.08. The number of rotatable bonds is 2. The largest absolute Gasteiger partial charge is 0.398 e. The third kappa shape index (κ3) is 6.13. The zero-order valence-corrected chi connectivity index (χ0v) is 6.69. The van der Waals surface area contributed by atoms with Crippen LogP contribution >= 0.6 is 7.37 Å². The Kier molecular flexibility index (Phi) is 3.32. The maximum absolute atomic E-state index is 11.5. The Labute approximate surface area is 62.2 Å². The second-order valence-electron chi connectivity index (χ2n) is 2.01. The third-order valence-corrected chi connectivity index (χ3v) is 2.36. The first-order valence-corrected chi connectivity index (χ1v) is 4.70. The van der Waals surface area contributed by atoms with E-state index >= 15 is 0 Å². The average molecular weight is 188 g/mol. The molecule has 0 amide bonds. The molecule has 0 spiro atoms. The predicted molar refractivity (Wildman–Crippen MR) is 35.6 cm³/mol. The van der Waals surface area contributed by atoms with Crippen molar-refractivity contribution in [2.75, 3.05) is 6.16 Å². The molecule has 0 bridgehead atoms. The van der Waals surface area contributed by atoms with E-state index in [-0.39, 0.29) is 0 Å². The van der Waals surface area contributed by atoms with E-state index in [9.17, 15) is 17.7 Å². The normalized spacial score (nSPS) is 18.6. The maximum Gasteiger partial charge on any atom is 0.398 e. The molecular weight excluding hydrogens is 180 g/mol. The van der Waals surface area contributed by atoms with E-state index in [1.807, 2.05) is 0 Å². The smallest absolute Gasteiger partial charge is 0.341 e. The van der Waals surface area contributed by atoms with Crippen molar-refractivity contribution in [3.8, 4) is 0 Å². The van der Waals surface area contributed by atoms with Gasteiger partial charge in [0, 0.05) is 0 Å². The number of hydrogen-bond acceptors (Lipinski definition) is 1. The molecule has 0 aliphatic carbocycles. The average Bonchev–Trinajstić information content (AvgIpc) is 1.55. The van der Waals surface area contributed by atoms with Crippen molar-refractivity contribution in [2.45, 2.75) is 13.1 Å². The molecule has 0 aromatic carbocycles. The minimum Gasteiger partial charge on any atom is -0.341 e. The molecule has 0 radical (unpaired) electrons. The molecule has 0 aromatic heterocycles. The maximum atomic E-state index is 11.5. The van der Waals surface area contributed by atoms with E-state index in [1.165, 1.54) is 6.92 Å².